The Hall–Kier alpha value is -4.28. The first-order chi connectivity index (χ1) is 49.7. The first-order valence-electron chi connectivity index (χ1n) is 40.1. The van der Waals surface area contributed by atoms with Crippen molar-refractivity contribution >= 4 is 39.5 Å². The lowest BCUT2D eigenvalue weighted by molar-refractivity contribution is -0.161. The number of rotatable bonds is 75. The molecule has 0 aromatic carbocycles. The Morgan fingerprint density at radius 3 is 0.833 bits per heavy atom. The highest BCUT2D eigenvalue weighted by Crippen LogP contribution is 2.45. The summed E-state index contributed by atoms with van der Waals surface area (Å²) in [4.78, 5) is 73.0. The summed E-state index contributed by atoms with van der Waals surface area (Å²) in [7, 11) is -9.97. The number of carbonyl (C=O) groups excluding carboxylic acids is 4. The molecule has 588 valence electrons. The van der Waals surface area contributed by atoms with Gasteiger partial charge in [0, 0.05) is 25.7 Å². The van der Waals surface area contributed by atoms with Crippen LogP contribution < -0.4 is 0 Å². The van der Waals surface area contributed by atoms with Crippen molar-refractivity contribution in [2.24, 2.45) is 0 Å². The average Bonchev–Trinajstić information content (AvgIpc) is 0.923. The number of phosphoric ester groups is 2. The molecule has 0 saturated heterocycles. The third-order valence-corrected chi connectivity index (χ3v) is 18.6. The highest BCUT2D eigenvalue weighted by Gasteiger charge is 2.30. The molecule has 0 saturated carbocycles. The molecule has 0 amide bonds. The second kappa shape index (κ2) is 75.0. The zero-order valence-electron chi connectivity index (χ0n) is 64.3. The Labute approximate surface area is 619 Å². The van der Waals surface area contributed by atoms with Crippen molar-refractivity contribution in [1.29, 1.82) is 0 Å². The maximum atomic E-state index is 13.1. The summed E-state index contributed by atoms with van der Waals surface area (Å²) in [6.07, 6.45) is 80.7. The number of hydrogen-bond donors (Lipinski definition) is 3. The monoisotopic (exact) mass is 1470 g/mol. The normalized spacial score (nSPS) is 14.5. The van der Waals surface area contributed by atoms with Crippen LogP contribution in [0, 0.1) is 0 Å². The Morgan fingerprint density at radius 2 is 0.520 bits per heavy atom. The van der Waals surface area contributed by atoms with Crippen LogP contribution in [0.5, 0.6) is 0 Å². The van der Waals surface area contributed by atoms with Gasteiger partial charge in [-0.25, -0.2) is 9.13 Å². The summed E-state index contributed by atoms with van der Waals surface area (Å²) in [5, 5.41) is 10.6. The largest absolute Gasteiger partial charge is 0.472 e. The number of phosphoric acid groups is 2. The maximum absolute atomic E-state index is 13.1. The van der Waals surface area contributed by atoms with Crippen LogP contribution >= 0.6 is 15.6 Å². The highest BCUT2D eigenvalue weighted by molar-refractivity contribution is 7.47. The van der Waals surface area contributed by atoms with Crippen LogP contribution in [0.15, 0.2) is 109 Å². The van der Waals surface area contributed by atoms with Crippen molar-refractivity contribution in [1.82, 2.24) is 0 Å². The van der Waals surface area contributed by atoms with Crippen LogP contribution in [0.2, 0.25) is 0 Å². The number of unbranched alkanes of at least 4 members (excludes halogenated alkanes) is 31. The van der Waals surface area contributed by atoms with Gasteiger partial charge in [-0.3, -0.25) is 37.3 Å². The van der Waals surface area contributed by atoms with Gasteiger partial charge in [-0.2, -0.15) is 0 Å². The van der Waals surface area contributed by atoms with E-state index in [4.69, 9.17) is 37.0 Å². The molecular weight excluding hydrogens is 1330 g/mol. The van der Waals surface area contributed by atoms with Crippen molar-refractivity contribution in [2.75, 3.05) is 39.6 Å². The smallest absolute Gasteiger partial charge is 0.462 e. The van der Waals surface area contributed by atoms with E-state index in [1.54, 1.807) is 0 Å². The number of aliphatic hydroxyl groups is 1. The van der Waals surface area contributed by atoms with E-state index in [0.717, 1.165) is 148 Å². The summed E-state index contributed by atoms with van der Waals surface area (Å²) in [6, 6.07) is 0. The first-order valence-corrected chi connectivity index (χ1v) is 43.1. The summed E-state index contributed by atoms with van der Waals surface area (Å²) in [5.74, 6) is -2.25. The van der Waals surface area contributed by atoms with E-state index < -0.39 is 97.5 Å². The molecular formula is C83H144O17P2. The summed E-state index contributed by atoms with van der Waals surface area (Å²) >= 11 is 0. The molecule has 0 aliphatic rings. The van der Waals surface area contributed by atoms with E-state index >= 15 is 0 Å². The molecule has 0 heterocycles. The number of hydrogen-bond acceptors (Lipinski definition) is 15. The molecule has 19 heteroatoms. The van der Waals surface area contributed by atoms with Crippen LogP contribution in [0.4, 0.5) is 0 Å². The molecule has 0 aromatic rings. The molecule has 5 unspecified atom stereocenters. The summed E-state index contributed by atoms with van der Waals surface area (Å²) < 4.78 is 68.6. The molecule has 102 heavy (non-hydrogen) atoms. The number of allylic oxidation sites excluding steroid dienone is 18. The number of esters is 4. The maximum Gasteiger partial charge on any atom is 0.472 e. The van der Waals surface area contributed by atoms with Gasteiger partial charge < -0.3 is 33.8 Å². The standard InChI is InChI=1S/C83H144O17P2/c1-5-9-13-17-21-25-29-33-37-38-42-44-48-52-56-60-64-68-81(86)94-74-79(100-83(88)70-66-62-58-54-50-46-41-36-32-28-24-20-16-12-8-4)76-98-102(91,92)96-72-77(84)71-95-101(89,90)97-75-78(99-82(87)69-65-61-57-53-49-45-40-35-31-27-23-19-15-11-7-3)73-93-80(85)67-63-59-55-51-47-43-39-34-30-26-22-18-14-10-6-2/h9-10,13-14,21-22,25-26,33-35,37,39-40,42,44,52,56,77-79,84H,5-8,11-12,15-20,23-24,27-32,36,38,41,43,45-51,53-55,57-76H2,1-4H3,(H,89,90)(H,91,92)/b13-9-,14-10-,25-21-,26-22-,37-33-,39-34-,40-35-,44-42-,56-52-. The van der Waals surface area contributed by atoms with Crippen LogP contribution in [0.3, 0.4) is 0 Å². The lowest BCUT2D eigenvalue weighted by Gasteiger charge is -2.21. The average molecular weight is 1480 g/mol. The van der Waals surface area contributed by atoms with Crippen LogP contribution in [-0.4, -0.2) is 96.7 Å². The lowest BCUT2D eigenvalue weighted by atomic mass is 10.0. The predicted molar refractivity (Wildman–Crippen MR) is 418 cm³/mol. The molecule has 5 atom stereocenters. The van der Waals surface area contributed by atoms with E-state index in [-0.39, 0.29) is 25.7 Å². The Balaban J connectivity index is 5.41. The van der Waals surface area contributed by atoms with E-state index in [1.807, 2.05) is 12.2 Å². The minimum absolute atomic E-state index is 0.0800. The third kappa shape index (κ3) is 74.0. The van der Waals surface area contributed by atoms with E-state index in [0.29, 0.717) is 32.1 Å². The fourth-order valence-electron chi connectivity index (χ4n) is 10.7. The zero-order chi connectivity index (χ0) is 74.6. The summed E-state index contributed by atoms with van der Waals surface area (Å²) in [5.41, 5.74) is 0. The van der Waals surface area contributed by atoms with Crippen molar-refractivity contribution < 1.29 is 80.2 Å². The van der Waals surface area contributed by atoms with Gasteiger partial charge in [0.1, 0.15) is 19.3 Å². The van der Waals surface area contributed by atoms with Crippen LogP contribution in [0.25, 0.3) is 0 Å². The van der Waals surface area contributed by atoms with Gasteiger partial charge in [-0.15, -0.1) is 0 Å². The van der Waals surface area contributed by atoms with Crippen molar-refractivity contribution in [2.45, 2.75) is 354 Å². The SMILES string of the molecule is CC/C=C\C/C=C\C/C=C\C/C=C\C/C=C\CCCC(=O)OCC(COP(=O)(O)OCC(O)COP(=O)(O)OCC(COC(=O)CCCCCCC/C=C\C/C=C\C/C=C\CC)OC(=O)CCCCCCC/C=C\CCCCCCCC)OC(=O)CCCCCCCCCCCCCCCCC. The first kappa shape index (κ1) is 97.7. The summed E-state index contributed by atoms with van der Waals surface area (Å²) in [6.45, 7) is 4.59. The van der Waals surface area contributed by atoms with Gasteiger partial charge in [-0.05, 0) is 122 Å². The van der Waals surface area contributed by atoms with Gasteiger partial charge >= 0.3 is 39.5 Å². The molecule has 0 bridgehead atoms. The Bertz CT molecular complexity index is 2360. The lowest BCUT2D eigenvalue weighted by Crippen LogP contribution is -2.30. The van der Waals surface area contributed by atoms with E-state index in [1.165, 1.54) is 103 Å². The molecule has 0 spiro atoms. The van der Waals surface area contributed by atoms with Gasteiger partial charge in [-0.1, -0.05) is 298 Å². The number of aliphatic hydroxyl groups excluding tert-OH is 1. The fraction of sp³-hybridized carbons (Fsp3) is 0.735. The highest BCUT2D eigenvalue weighted by atomic mass is 31.2. The Morgan fingerprint density at radius 1 is 0.284 bits per heavy atom. The molecule has 0 radical (unpaired) electrons. The van der Waals surface area contributed by atoms with Gasteiger partial charge in [0.15, 0.2) is 12.2 Å². The second-order valence-corrected chi connectivity index (χ2v) is 29.5. The zero-order valence-corrected chi connectivity index (χ0v) is 66.0. The number of carbonyl (C=O) groups is 4. The van der Waals surface area contributed by atoms with Crippen LogP contribution in [0.1, 0.15) is 336 Å². The van der Waals surface area contributed by atoms with Crippen LogP contribution in [-0.2, 0) is 65.4 Å². The fourth-order valence-corrected chi connectivity index (χ4v) is 12.3. The van der Waals surface area contributed by atoms with E-state index in [2.05, 4.69) is 125 Å². The molecule has 0 aliphatic heterocycles. The molecule has 0 rings (SSSR count). The van der Waals surface area contributed by atoms with Crippen molar-refractivity contribution in [3.8, 4) is 0 Å². The molecule has 0 aromatic heterocycles. The molecule has 17 nitrogen and oxygen atoms in total. The van der Waals surface area contributed by atoms with Gasteiger partial charge in [0.2, 0.25) is 0 Å². The molecule has 0 fully saturated rings. The second-order valence-electron chi connectivity index (χ2n) is 26.6. The minimum atomic E-state index is -4.99. The molecule has 0 aliphatic carbocycles. The van der Waals surface area contributed by atoms with Crippen molar-refractivity contribution in [3.05, 3.63) is 109 Å². The van der Waals surface area contributed by atoms with Gasteiger partial charge in [0.25, 0.3) is 0 Å². The number of ether oxygens (including phenoxy) is 4. The van der Waals surface area contributed by atoms with Crippen molar-refractivity contribution in [3.63, 3.8) is 0 Å². The Kier molecular flexibility index (Phi) is 71.8. The minimum Gasteiger partial charge on any atom is -0.462 e. The van der Waals surface area contributed by atoms with Gasteiger partial charge in [0.05, 0.1) is 26.4 Å². The quantitative estimate of drug-likeness (QED) is 0.0169. The van der Waals surface area contributed by atoms with E-state index in [9.17, 15) is 43.2 Å². The predicted octanol–water partition coefficient (Wildman–Crippen LogP) is 23.3. The molecule has 3 N–H and O–H groups in total. The topological polar surface area (TPSA) is 237 Å². The third-order valence-electron chi connectivity index (χ3n) is 16.7.